The van der Waals surface area contributed by atoms with Crippen molar-refractivity contribution in [2.75, 3.05) is 13.2 Å². The standard InChI is InChI=1S/C21H20N4O6/c1-25-9-15(12-2-4-13(5-3-12)20(22)23)24-21(25)14-6-7-16(30-10-18(26)27)17(8-14)31-11-19(28)29/h2-9H,10-11H2,1H3,(H3,22,23)(H,26,27)(H,28,29). The molecule has 0 aliphatic heterocycles. The molecule has 1 heterocycles. The molecule has 0 aliphatic carbocycles. The number of nitrogens with two attached hydrogens (primary N) is 1. The lowest BCUT2D eigenvalue weighted by atomic mass is 10.1. The third-order valence-corrected chi connectivity index (χ3v) is 4.27. The molecule has 0 radical (unpaired) electrons. The molecule has 10 heteroatoms. The Morgan fingerprint density at radius 3 is 2.16 bits per heavy atom. The van der Waals surface area contributed by atoms with Gasteiger partial charge in [0.1, 0.15) is 11.7 Å². The molecule has 160 valence electrons. The van der Waals surface area contributed by atoms with Crippen molar-refractivity contribution in [2.45, 2.75) is 0 Å². The van der Waals surface area contributed by atoms with Gasteiger partial charge in [-0.25, -0.2) is 14.6 Å². The number of ether oxygens (including phenoxy) is 2. The first kappa shape index (κ1) is 21.4. The summed E-state index contributed by atoms with van der Waals surface area (Å²) < 4.78 is 12.3. The van der Waals surface area contributed by atoms with Crippen LogP contribution in [0.15, 0.2) is 48.7 Å². The van der Waals surface area contributed by atoms with Gasteiger partial charge in [-0.05, 0) is 18.2 Å². The molecule has 3 rings (SSSR count). The summed E-state index contributed by atoms with van der Waals surface area (Å²) in [7, 11) is 1.81. The molecule has 0 saturated heterocycles. The minimum absolute atomic E-state index is 0.0210. The highest BCUT2D eigenvalue weighted by atomic mass is 16.5. The Morgan fingerprint density at radius 1 is 1.00 bits per heavy atom. The molecule has 3 aromatic rings. The van der Waals surface area contributed by atoms with Gasteiger partial charge in [-0.15, -0.1) is 0 Å². The zero-order chi connectivity index (χ0) is 22.5. The maximum absolute atomic E-state index is 10.9. The summed E-state index contributed by atoms with van der Waals surface area (Å²) in [6.07, 6.45) is 1.82. The molecule has 0 fully saturated rings. The molecule has 0 aliphatic rings. The lowest BCUT2D eigenvalue weighted by Gasteiger charge is -2.12. The Balaban J connectivity index is 1.94. The number of aromatic nitrogens is 2. The number of carbonyl (C=O) groups is 2. The van der Waals surface area contributed by atoms with E-state index in [1.54, 1.807) is 28.8 Å². The first-order valence-corrected chi connectivity index (χ1v) is 9.06. The van der Waals surface area contributed by atoms with Gasteiger partial charge in [0.2, 0.25) is 0 Å². The normalized spacial score (nSPS) is 10.5. The molecular weight excluding hydrogens is 404 g/mol. The number of carboxylic acids is 2. The summed E-state index contributed by atoms with van der Waals surface area (Å²) >= 11 is 0. The summed E-state index contributed by atoms with van der Waals surface area (Å²) in [5.41, 5.74) is 8.23. The summed E-state index contributed by atoms with van der Waals surface area (Å²) in [5.74, 6) is -1.58. The molecule has 5 N–H and O–H groups in total. The average molecular weight is 424 g/mol. The van der Waals surface area contributed by atoms with Crippen LogP contribution in [-0.4, -0.2) is 50.8 Å². The van der Waals surface area contributed by atoms with Crippen LogP contribution in [0.5, 0.6) is 11.5 Å². The van der Waals surface area contributed by atoms with Crippen LogP contribution >= 0.6 is 0 Å². The molecule has 31 heavy (non-hydrogen) atoms. The van der Waals surface area contributed by atoms with Crippen LogP contribution in [0.1, 0.15) is 5.56 Å². The molecular formula is C21H20N4O6. The Labute approximate surface area is 177 Å². The Bertz CT molecular complexity index is 1140. The van der Waals surface area contributed by atoms with E-state index in [2.05, 4.69) is 4.98 Å². The number of hydrogen-bond acceptors (Lipinski definition) is 6. The van der Waals surface area contributed by atoms with E-state index in [1.807, 2.05) is 25.4 Å². The van der Waals surface area contributed by atoms with Gasteiger partial charge < -0.3 is 30.0 Å². The highest BCUT2D eigenvalue weighted by Crippen LogP contribution is 2.33. The molecule has 2 aromatic carbocycles. The van der Waals surface area contributed by atoms with E-state index in [1.165, 1.54) is 6.07 Å². The van der Waals surface area contributed by atoms with Gasteiger partial charge in [-0.2, -0.15) is 0 Å². The van der Waals surface area contributed by atoms with Crippen molar-refractivity contribution in [2.24, 2.45) is 12.8 Å². The van der Waals surface area contributed by atoms with Crippen LogP contribution in [0.4, 0.5) is 0 Å². The van der Waals surface area contributed by atoms with E-state index < -0.39 is 25.2 Å². The average Bonchev–Trinajstić information content (AvgIpc) is 3.12. The topological polar surface area (TPSA) is 161 Å². The highest BCUT2D eigenvalue weighted by Gasteiger charge is 2.15. The lowest BCUT2D eigenvalue weighted by Crippen LogP contribution is -2.13. The molecule has 0 amide bonds. The zero-order valence-electron chi connectivity index (χ0n) is 16.5. The highest BCUT2D eigenvalue weighted by molar-refractivity contribution is 5.95. The number of nitrogens with one attached hydrogen (secondary N) is 1. The van der Waals surface area contributed by atoms with Crippen molar-refractivity contribution in [1.82, 2.24) is 9.55 Å². The minimum atomic E-state index is -1.18. The number of carboxylic acid groups (broad SMARTS) is 2. The summed E-state index contributed by atoms with van der Waals surface area (Å²) in [6, 6.07) is 11.8. The monoisotopic (exact) mass is 424 g/mol. The zero-order valence-corrected chi connectivity index (χ0v) is 16.5. The van der Waals surface area contributed by atoms with E-state index in [0.717, 1.165) is 5.56 Å². The summed E-state index contributed by atoms with van der Waals surface area (Å²) in [6.45, 7) is -1.20. The summed E-state index contributed by atoms with van der Waals surface area (Å²) in [4.78, 5) is 26.3. The maximum atomic E-state index is 10.9. The predicted molar refractivity (Wildman–Crippen MR) is 111 cm³/mol. The predicted octanol–water partition coefficient (Wildman–Crippen LogP) is 1.96. The largest absolute Gasteiger partial charge is 0.479 e. The number of aryl methyl sites for hydroxylation is 1. The smallest absolute Gasteiger partial charge is 0.341 e. The Morgan fingerprint density at radius 2 is 1.58 bits per heavy atom. The molecule has 1 aromatic heterocycles. The number of hydrogen-bond donors (Lipinski definition) is 4. The van der Waals surface area contributed by atoms with Crippen LogP contribution in [0, 0.1) is 5.41 Å². The third-order valence-electron chi connectivity index (χ3n) is 4.27. The van der Waals surface area contributed by atoms with Crippen molar-refractivity contribution in [3.8, 4) is 34.1 Å². The van der Waals surface area contributed by atoms with E-state index in [4.69, 9.17) is 30.8 Å². The maximum Gasteiger partial charge on any atom is 0.341 e. The van der Waals surface area contributed by atoms with Crippen LogP contribution in [0.3, 0.4) is 0 Å². The van der Waals surface area contributed by atoms with Gasteiger partial charge in [0.15, 0.2) is 24.7 Å². The van der Waals surface area contributed by atoms with Crippen LogP contribution in [-0.2, 0) is 16.6 Å². The number of amidine groups is 1. The van der Waals surface area contributed by atoms with E-state index in [0.29, 0.717) is 22.6 Å². The Hall–Kier alpha value is -4.34. The fourth-order valence-electron chi connectivity index (χ4n) is 2.85. The number of nitrogens with zero attached hydrogens (tertiary/aromatic N) is 2. The van der Waals surface area contributed by atoms with Gasteiger partial charge in [0, 0.05) is 29.9 Å². The minimum Gasteiger partial charge on any atom is -0.479 e. The number of rotatable bonds is 9. The van der Waals surface area contributed by atoms with Gasteiger partial charge in [-0.3, -0.25) is 5.41 Å². The molecule has 0 spiro atoms. The second-order valence-electron chi connectivity index (χ2n) is 6.58. The molecule has 0 bridgehead atoms. The lowest BCUT2D eigenvalue weighted by molar-refractivity contribution is -0.140. The number of imidazole rings is 1. The second kappa shape index (κ2) is 8.99. The van der Waals surface area contributed by atoms with E-state index in [-0.39, 0.29) is 17.3 Å². The van der Waals surface area contributed by atoms with Gasteiger partial charge in [0.05, 0.1) is 5.69 Å². The Kier molecular flexibility index (Phi) is 6.20. The van der Waals surface area contributed by atoms with Gasteiger partial charge in [-0.1, -0.05) is 24.3 Å². The van der Waals surface area contributed by atoms with Crippen molar-refractivity contribution < 1.29 is 29.3 Å². The summed E-state index contributed by atoms with van der Waals surface area (Å²) in [5, 5.41) is 25.2. The van der Waals surface area contributed by atoms with E-state index in [9.17, 15) is 9.59 Å². The number of benzene rings is 2. The second-order valence-corrected chi connectivity index (χ2v) is 6.58. The fraction of sp³-hybridized carbons (Fsp3) is 0.143. The van der Waals surface area contributed by atoms with Crippen molar-refractivity contribution >= 4 is 17.8 Å². The van der Waals surface area contributed by atoms with Crippen LogP contribution in [0.25, 0.3) is 22.6 Å². The molecule has 10 nitrogen and oxygen atoms in total. The molecule has 0 atom stereocenters. The third kappa shape index (κ3) is 5.18. The van der Waals surface area contributed by atoms with Crippen molar-refractivity contribution in [1.29, 1.82) is 5.41 Å². The van der Waals surface area contributed by atoms with Crippen LogP contribution < -0.4 is 15.2 Å². The quantitative estimate of drug-likeness (QED) is 0.299. The first-order valence-electron chi connectivity index (χ1n) is 9.06. The molecule has 0 unspecified atom stereocenters. The first-order chi connectivity index (χ1) is 14.7. The molecule has 0 saturated carbocycles. The number of aliphatic carboxylic acids is 2. The van der Waals surface area contributed by atoms with Gasteiger partial charge >= 0.3 is 11.9 Å². The van der Waals surface area contributed by atoms with E-state index >= 15 is 0 Å². The SMILES string of the molecule is Cn1cc(-c2ccc(C(=N)N)cc2)nc1-c1ccc(OCC(=O)O)c(OCC(=O)O)c1. The van der Waals surface area contributed by atoms with Crippen molar-refractivity contribution in [3.05, 3.63) is 54.2 Å². The van der Waals surface area contributed by atoms with Gasteiger partial charge in [0.25, 0.3) is 0 Å². The number of nitrogen functional groups attached to an aromatic ring is 1. The fourth-order valence-corrected chi connectivity index (χ4v) is 2.85. The van der Waals surface area contributed by atoms with Crippen molar-refractivity contribution in [3.63, 3.8) is 0 Å². The van der Waals surface area contributed by atoms with Crippen LogP contribution in [0.2, 0.25) is 0 Å².